The molecule has 6 heteroatoms. The molecule has 5 nitrogen and oxygen atoms in total. The molecule has 0 saturated heterocycles. The van der Waals surface area contributed by atoms with Crippen molar-refractivity contribution in [3.05, 3.63) is 176 Å². The molecule has 3 aromatic heterocycles. The fraction of sp³-hybridized carbons (Fsp3) is 0. The lowest BCUT2D eigenvalue weighted by Crippen LogP contribution is -2.00. The molecule has 0 bridgehead atoms. The number of nitrogens with zero attached hydrogens (tertiary/aromatic N) is 5. The van der Waals surface area contributed by atoms with Crippen molar-refractivity contribution in [2.45, 2.75) is 0 Å². The number of fused-ring (bicyclic) bond motifs is 4. The number of hydrogen-bond acceptors (Lipinski definition) is 6. The van der Waals surface area contributed by atoms with Crippen LogP contribution in [0.1, 0.15) is 0 Å². The van der Waals surface area contributed by atoms with Crippen molar-refractivity contribution in [1.82, 2.24) is 24.9 Å². The first-order valence-electron chi connectivity index (χ1n) is 17.5. The first-order valence-corrected chi connectivity index (χ1v) is 18.3. The number of benzene rings is 7. The summed E-state index contributed by atoms with van der Waals surface area (Å²) in [5, 5.41) is 4.35. The summed E-state index contributed by atoms with van der Waals surface area (Å²) in [6, 6.07) is 58.7. The molecule has 248 valence electrons. The van der Waals surface area contributed by atoms with Crippen LogP contribution >= 0.6 is 11.3 Å². The molecule has 0 atom stereocenters. The van der Waals surface area contributed by atoms with Crippen LogP contribution in [0.15, 0.2) is 176 Å². The van der Waals surface area contributed by atoms with Crippen molar-refractivity contribution >= 4 is 43.2 Å². The van der Waals surface area contributed by atoms with Gasteiger partial charge in [0.15, 0.2) is 17.5 Å². The van der Waals surface area contributed by atoms with Gasteiger partial charge in [-0.05, 0) is 58.0 Å². The molecular formula is C47H29N5S. The Labute approximate surface area is 310 Å². The van der Waals surface area contributed by atoms with Gasteiger partial charge in [-0.15, -0.1) is 11.3 Å². The van der Waals surface area contributed by atoms with E-state index < -0.39 is 0 Å². The molecule has 0 aliphatic carbocycles. The van der Waals surface area contributed by atoms with Crippen LogP contribution in [0.5, 0.6) is 0 Å². The fourth-order valence-electron chi connectivity index (χ4n) is 7.03. The quantitative estimate of drug-likeness (QED) is 0.162. The molecule has 0 N–H and O–H groups in total. The Kier molecular flexibility index (Phi) is 7.59. The topological polar surface area (TPSA) is 64.5 Å². The van der Waals surface area contributed by atoms with Gasteiger partial charge in [0.1, 0.15) is 5.01 Å². The van der Waals surface area contributed by atoms with Gasteiger partial charge in [-0.3, -0.25) is 4.98 Å². The standard InChI is InChI=1S/C47H29N5S/c1-4-13-30(14-5-1)44-50-45(31-15-6-2-7-16-31)52-46(51-44)35-22-24-36(34-23-25-42-41(29-34)49-47(53-42)32-17-8-3-9-18-32)39(28-35)40-27-33-19-10-11-20-37(33)43-38(40)21-12-26-48-43/h1-29H. The van der Waals surface area contributed by atoms with Gasteiger partial charge in [-0.2, -0.15) is 0 Å². The molecule has 0 radical (unpaired) electrons. The maximum atomic E-state index is 5.09. The summed E-state index contributed by atoms with van der Waals surface area (Å²) in [4.78, 5) is 25.1. The van der Waals surface area contributed by atoms with E-state index in [1.807, 2.05) is 79.0 Å². The molecule has 3 heterocycles. The van der Waals surface area contributed by atoms with Crippen LogP contribution in [0, 0.1) is 0 Å². The third kappa shape index (κ3) is 5.72. The van der Waals surface area contributed by atoms with Crippen molar-refractivity contribution in [3.8, 4) is 67.0 Å². The largest absolute Gasteiger partial charge is 0.256 e. The van der Waals surface area contributed by atoms with E-state index in [1.165, 1.54) is 0 Å². The minimum absolute atomic E-state index is 0.608. The Morgan fingerprint density at radius 2 is 0.981 bits per heavy atom. The number of thiazole rings is 1. The summed E-state index contributed by atoms with van der Waals surface area (Å²) in [5.74, 6) is 1.86. The molecule has 0 fully saturated rings. The van der Waals surface area contributed by atoms with E-state index in [1.54, 1.807) is 11.3 Å². The molecule has 10 rings (SSSR count). The van der Waals surface area contributed by atoms with E-state index in [-0.39, 0.29) is 0 Å². The molecular weight excluding hydrogens is 667 g/mol. The van der Waals surface area contributed by atoms with Gasteiger partial charge in [0, 0.05) is 39.2 Å². The van der Waals surface area contributed by atoms with Crippen LogP contribution in [0.2, 0.25) is 0 Å². The number of rotatable bonds is 6. The zero-order valence-electron chi connectivity index (χ0n) is 28.4. The van der Waals surface area contributed by atoms with Gasteiger partial charge < -0.3 is 0 Å². The Hall–Kier alpha value is -6.89. The van der Waals surface area contributed by atoms with Gasteiger partial charge in [-0.25, -0.2) is 19.9 Å². The first kappa shape index (κ1) is 30.9. The van der Waals surface area contributed by atoms with Gasteiger partial charge >= 0.3 is 0 Å². The predicted octanol–water partition coefficient (Wildman–Crippen LogP) is 12.2. The second-order valence-corrected chi connectivity index (χ2v) is 13.9. The third-order valence-electron chi connectivity index (χ3n) is 9.60. The van der Waals surface area contributed by atoms with E-state index in [2.05, 4.69) is 97.1 Å². The predicted molar refractivity (Wildman–Crippen MR) is 218 cm³/mol. The molecule has 10 aromatic rings. The van der Waals surface area contributed by atoms with Crippen molar-refractivity contribution in [2.24, 2.45) is 0 Å². The van der Waals surface area contributed by atoms with Crippen molar-refractivity contribution in [2.75, 3.05) is 0 Å². The molecule has 0 unspecified atom stereocenters. The lowest BCUT2D eigenvalue weighted by molar-refractivity contribution is 1.07. The lowest BCUT2D eigenvalue weighted by atomic mass is 9.89. The van der Waals surface area contributed by atoms with Crippen LogP contribution in [0.3, 0.4) is 0 Å². The number of aromatic nitrogens is 5. The second-order valence-electron chi connectivity index (χ2n) is 12.9. The van der Waals surface area contributed by atoms with E-state index >= 15 is 0 Å². The highest BCUT2D eigenvalue weighted by atomic mass is 32.1. The van der Waals surface area contributed by atoms with E-state index in [9.17, 15) is 0 Å². The number of pyridine rings is 1. The van der Waals surface area contributed by atoms with E-state index in [0.29, 0.717) is 17.5 Å². The first-order chi connectivity index (χ1) is 26.2. The zero-order valence-corrected chi connectivity index (χ0v) is 29.2. The van der Waals surface area contributed by atoms with Crippen molar-refractivity contribution in [3.63, 3.8) is 0 Å². The third-order valence-corrected chi connectivity index (χ3v) is 10.7. The van der Waals surface area contributed by atoms with Crippen molar-refractivity contribution < 1.29 is 0 Å². The van der Waals surface area contributed by atoms with Crippen molar-refractivity contribution in [1.29, 1.82) is 0 Å². The molecule has 0 saturated carbocycles. The van der Waals surface area contributed by atoms with Gasteiger partial charge in [0.2, 0.25) is 0 Å². The highest BCUT2D eigenvalue weighted by Gasteiger charge is 2.19. The number of hydrogen-bond donors (Lipinski definition) is 0. The zero-order chi connectivity index (χ0) is 35.1. The fourth-order valence-corrected chi connectivity index (χ4v) is 7.98. The Bertz CT molecular complexity index is 2880. The maximum Gasteiger partial charge on any atom is 0.164 e. The van der Waals surface area contributed by atoms with E-state index in [0.717, 1.165) is 81.4 Å². The van der Waals surface area contributed by atoms with Crippen LogP contribution in [0.4, 0.5) is 0 Å². The molecule has 0 aliphatic heterocycles. The lowest BCUT2D eigenvalue weighted by Gasteiger charge is -2.16. The summed E-state index contributed by atoms with van der Waals surface area (Å²) in [7, 11) is 0. The smallest absolute Gasteiger partial charge is 0.164 e. The normalized spacial score (nSPS) is 11.4. The highest BCUT2D eigenvalue weighted by Crippen LogP contribution is 2.42. The molecule has 0 amide bonds. The summed E-state index contributed by atoms with van der Waals surface area (Å²) in [5.41, 5.74) is 10.2. The van der Waals surface area contributed by atoms with Gasteiger partial charge in [0.05, 0.1) is 15.7 Å². The van der Waals surface area contributed by atoms with Gasteiger partial charge in [-0.1, -0.05) is 140 Å². The average molecular weight is 696 g/mol. The summed E-state index contributed by atoms with van der Waals surface area (Å²) in [6.07, 6.45) is 1.87. The Balaban J connectivity index is 1.21. The van der Waals surface area contributed by atoms with E-state index in [4.69, 9.17) is 24.9 Å². The monoisotopic (exact) mass is 695 g/mol. The summed E-state index contributed by atoms with van der Waals surface area (Å²) < 4.78 is 1.15. The SMILES string of the molecule is c1ccc(-c2nc(-c3ccccc3)nc(-c3ccc(-c4ccc5sc(-c6ccccc6)nc5c4)c(-c4cc5ccccc5c5ncccc45)c3)n2)cc1. The molecule has 0 aliphatic rings. The van der Waals surface area contributed by atoms with Gasteiger partial charge in [0.25, 0.3) is 0 Å². The van der Waals surface area contributed by atoms with Crippen LogP contribution in [-0.2, 0) is 0 Å². The minimum Gasteiger partial charge on any atom is -0.256 e. The summed E-state index contributed by atoms with van der Waals surface area (Å²) in [6.45, 7) is 0. The molecule has 7 aromatic carbocycles. The average Bonchev–Trinajstić information content (AvgIpc) is 3.68. The molecule has 53 heavy (non-hydrogen) atoms. The van der Waals surface area contributed by atoms with Crippen LogP contribution < -0.4 is 0 Å². The maximum absolute atomic E-state index is 5.09. The molecule has 0 spiro atoms. The Morgan fingerprint density at radius 3 is 1.70 bits per heavy atom. The second kappa shape index (κ2) is 13.0. The minimum atomic E-state index is 0.608. The highest BCUT2D eigenvalue weighted by molar-refractivity contribution is 7.21. The summed E-state index contributed by atoms with van der Waals surface area (Å²) >= 11 is 1.71. The van der Waals surface area contributed by atoms with Crippen LogP contribution in [0.25, 0.3) is 98.9 Å². The Morgan fingerprint density at radius 1 is 0.377 bits per heavy atom. The van der Waals surface area contributed by atoms with Crippen LogP contribution in [-0.4, -0.2) is 24.9 Å².